The molecule has 0 bridgehead atoms. The summed E-state index contributed by atoms with van der Waals surface area (Å²) in [5.41, 5.74) is 6.41. The van der Waals surface area contributed by atoms with Crippen molar-refractivity contribution in [2.24, 2.45) is 25.2 Å². The summed E-state index contributed by atoms with van der Waals surface area (Å²) in [4.78, 5) is 25.9. The van der Waals surface area contributed by atoms with Crippen LogP contribution in [0.4, 0.5) is 0 Å². The summed E-state index contributed by atoms with van der Waals surface area (Å²) in [6, 6.07) is 1.74. The summed E-state index contributed by atoms with van der Waals surface area (Å²) >= 11 is 0. The zero-order valence-corrected chi connectivity index (χ0v) is 12.7. The Hall–Kier alpha value is -1.40. The van der Waals surface area contributed by atoms with Gasteiger partial charge in [0.15, 0.2) is 0 Å². The predicted molar refractivity (Wildman–Crippen MR) is 78.6 cm³/mol. The molecule has 0 aromatic carbocycles. The monoisotopic (exact) mass is 280 g/mol. The number of likely N-dealkylation sites (tertiary alicyclic amines) is 1. The van der Waals surface area contributed by atoms with Crippen molar-refractivity contribution in [1.82, 2.24) is 14.0 Å². The van der Waals surface area contributed by atoms with Gasteiger partial charge in [0, 0.05) is 51.5 Å². The van der Waals surface area contributed by atoms with Crippen LogP contribution in [0, 0.1) is 5.41 Å². The van der Waals surface area contributed by atoms with Crippen molar-refractivity contribution < 1.29 is 0 Å². The van der Waals surface area contributed by atoms with Crippen molar-refractivity contribution in [3.63, 3.8) is 0 Å². The highest BCUT2D eigenvalue weighted by Crippen LogP contribution is 2.28. The van der Waals surface area contributed by atoms with Crippen LogP contribution >= 0.6 is 0 Å². The lowest BCUT2D eigenvalue weighted by molar-refractivity contribution is 0.0878. The van der Waals surface area contributed by atoms with Gasteiger partial charge >= 0.3 is 5.69 Å². The Balaban J connectivity index is 2.24. The van der Waals surface area contributed by atoms with E-state index in [2.05, 4.69) is 18.7 Å². The molecule has 6 nitrogen and oxygen atoms in total. The van der Waals surface area contributed by atoms with Gasteiger partial charge in [-0.15, -0.1) is 0 Å². The number of rotatable bonds is 2. The Labute approximate surface area is 118 Å². The normalized spacial score (nSPS) is 22.9. The first-order valence-electron chi connectivity index (χ1n) is 6.96. The third-order valence-electron chi connectivity index (χ3n) is 4.40. The van der Waals surface area contributed by atoms with E-state index in [0.29, 0.717) is 6.54 Å². The molecule has 2 rings (SSSR count). The Morgan fingerprint density at radius 1 is 1.30 bits per heavy atom. The van der Waals surface area contributed by atoms with E-state index in [-0.39, 0.29) is 22.7 Å². The van der Waals surface area contributed by atoms with Gasteiger partial charge in [0.05, 0.1) is 0 Å². The maximum atomic E-state index is 11.9. The molecule has 112 valence electrons. The van der Waals surface area contributed by atoms with Crippen molar-refractivity contribution in [3.8, 4) is 0 Å². The van der Waals surface area contributed by atoms with Crippen LogP contribution in [0.5, 0.6) is 0 Å². The molecule has 2 N–H and O–H groups in total. The molecule has 1 fully saturated rings. The van der Waals surface area contributed by atoms with Crippen molar-refractivity contribution in [3.05, 3.63) is 32.6 Å². The van der Waals surface area contributed by atoms with Crippen LogP contribution in [0.1, 0.15) is 26.0 Å². The van der Waals surface area contributed by atoms with E-state index in [1.54, 1.807) is 17.7 Å². The molecule has 1 aliphatic heterocycles. The molecule has 1 unspecified atom stereocenters. The Morgan fingerprint density at radius 3 is 2.55 bits per heavy atom. The average molecular weight is 280 g/mol. The lowest BCUT2D eigenvalue weighted by atomic mass is 9.79. The highest BCUT2D eigenvalue weighted by Gasteiger charge is 2.33. The first kappa shape index (κ1) is 15.0. The molecule has 0 radical (unpaired) electrons. The first-order chi connectivity index (χ1) is 9.22. The minimum absolute atomic E-state index is 0.0524. The molecule has 1 aliphatic rings. The van der Waals surface area contributed by atoms with Gasteiger partial charge in [-0.05, 0) is 11.8 Å². The largest absolute Gasteiger partial charge is 0.330 e. The lowest BCUT2D eigenvalue weighted by Crippen LogP contribution is -2.52. The highest BCUT2D eigenvalue weighted by atomic mass is 16.2. The molecule has 0 aliphatic carbocycles. The molecule has 1 aromatic rings. The molecule has 0 amide bonds. The number of hydrogen-bond acceptors (Lipinski definition) is 4. The second-order valence-electron chi connectivity index (χ2n) is 6.47. The van der Waals surface area contributed by atoms with Crippen LogP contribution in [-0.4, -0.2) is 33.2 Å². The number of nitrogens with two attached hydrogens (primary N) is 1. The first-order valence-corrected chi connectivity index (χ1v) is 6.96. The fourth-order valence-corrected chi connectivity index (χ4v) is 2.78. The lowest BCUT2D eigenvalue weighted by Gasteiger charge is -2.42. The van der Waals surface area contributed by atoms with Gasteiger partial charge in [0.2, 0.25) is 0 Å². The molecule has 2 heterocycles. The molecule has 6 heteroatoms. The van der Waals surface area contributed by atoms with Gasteiger partial charge in [0.1, 0.15) is 0 Å². The van der Waals surface area contributed by atoms with Gasteiger partial charge in [-0.3, -0.25) is 18.8 Å². The van der Waals surface area contributed by atoms with E-state index in [1.165, 1.54) is 7.05 Å². The second-order valence-corrected chi connectivity index (χ2v) is 6.47. The minimum atomic E-state index is -0.277. The van der Waals surface area contributed by atoms with E-state index in [1.807, 2.05) is 0 Å². The summed E-state index contributed by atoms with van der Waals surface area (Å²) in [6.07, 6.45) is 0.936. The SMILES string of the molecule is Cn1c(CN2CCC(N)C(C)(C)C2)cc(=O)n(C)c1=O. The maximum Gasteiger partial charge on any atom is 0.330 e. The van der Waals surface area contributed by atoms with E-state index in [4.69, 9.17) is 5.73 Å². The summed E-state index contributed by atoms with van der Waals surface area (Å²) in [5.74, 6) is 0. The fourth-order valence-electron chi connectivity index (χ4n) is 2.78. The zero-order chi connectivity index (χ0) is 15.1. The summed E-state index contributed by atoms with van der Waals surface area (Å²) in [5, 5.41) is 0. The minimum Gasteiger partial charge on any atom is -0.327 e. The van der Waals surface area contributed by atoms with Crippen LogP contribution in [0.15, 0.2) is 15.7 Å². The van der Waals surface area contributed by atoms with E-state index in [9.17, 15) is 9.59 Å². The summed E-state index contributed by atoms with van der Waals surface area (Å²) in [7, 11) is 3.20. The number of piperidine rings is 1. The molecule has 1 atom stereocenters. The molecule has 20 heavy (non-hydrogen) atoms. The maximum absolute atomic E-state index is 11.9. The van der Waals surface area contributed by atoms with E-state index < -0.39 is 0 Å². The zero-order valence-electron chi connectivity index (χ0n) is 12.7. The highest BCUT2D eigenvalue weighted by molar-refractivity contribution is 5.03. The van der Waals surface area contributed by atoms with Gasteiger partial charge in [-0.2, -0.15) is 0 Å². The van der Waals surface area contributed by atoms with Crippen molar-refractivity contribution >= 4 is 0 Å². The van der Waals surface area contributed by atoms with Crippen LogP contribution in [-0.2, 0) is 20.6 Å². The fraction of sp³-hybridized carbons (Fsp3) is 0.714. The van der Waals surface area contributed by atoms with E-state index >= 15 is 0 Å². The molecule has 1 saturated heterocycles. The Kier molecular flexibility index (Phi) is 3.88. The van der Waals surface area contributed by atoms with Crippen LogP contribution in [0.25, 0.3) is 0 Å². The van der Waals surface area contributed by atoms with Gasteiger partial charge in [0.25, 0.3) is 5.56 Å². The van der Waals surface area contributed by atoms with Crippen LogP contribution in [0.2, 0.25) is 0 Å². The second kappa shape index (κ2) is 5.18. The van der Waals surface area contributed by atoms with Crippen molar-refractivity contribution in [2.45, 2.75) is 32.9 Å². The van der Waals surface area contributed by atoms with Gasteiger partial charge in [-0.25, -0.2) is 4.79 Å². The quantitative estimate of drug-likeness (QED) is 0.803. The molecule has 0 saturated carbocycles. The topological polar surface area (TPSA) is 73.3 Å². The summed E-state index contributed by atoms with van der Waals surface area (Å²) in [6.45, 7) is 6.70. The molecular formula is C14H24N4O2. The predicted octanol–water partition coefficient (Wildman–Crippen LogP) is -0.357. The van der Waals surface area contributed by atoms with Crippen LogP contribution in [0.3, 0.4) is 0 Å². The van der Waals surface area contributed by atoms with Crippen molar-refractivity contribution in [1.29, 1.82) is 0 Å². The van der Waals surface area contributed by atoms with Crippen LogP contribution < -0.4 is 17.0 Å². The standard InChI is InChI=1S/C14H24N4O2/c1-14(2)9-18(6-5-11(14)15)8-10-7-12(19)17(4)13(20)16(10)3/h7,11H,5-6,8-9,15H2,1-4H3. The number of nitrogens with zero attached hydrogens (tertiary/aromatic N) is 3. The molecule has 0 spiro atoms. The third-order valence-corrected chi connectivity index (χ3v) is 4.40. The van der Waals surface area contributed by atoms with E-state index in [0.717, 1.165) is 29.8 Å². The smallest absolute Gasteiger partial charge is 0.327 e. The van der Waals surface area contributed by atoms with Gasteiger partial charge < -0.3 is 5.73 Å². The Morgan fingerprint density at radius 2 is 1.95 bits per heavy atom. The average Bonchev–Trinajstić information content (AvgIpc) is 2.37. The summed E-state index contributed by atoms with van der Waals surface area (Å²) < 4.78 is 2.67. The Bertz CT molecular complexity index is 615. The van der Waals surface area contributed by atoms with Crippen molar-refractivity contribution in [2.75, 3.05) is 13.1 Å². The van der Waals surface area contributed by atoms with Gasteiger partial charge in [-0.1, -0.05) is 13.8 Å². The third kappa shape index (κ3) is 2.71. The molecule has 1 aromatic heterocycles. The number of hydrogen-bond donors (Lipinski definition) is 1. The molecular weight excluding hydrogens is 256 g/mol. The number of aromatic nitrogens is 2.